The summed E-state index contributed by atoms with van der Waals surface area (Å²) in [5.74, 6) is 7.38. The summed E-state index contributed by atoms with van der Waals surface area (Å²) in [5, 5.41) is 0. The highest BCUT2D eigenvalue weighted by atomic mass is 14.3. The lowest BCUT2D eigenvalue weighted by Gasteiger charge is -2.32. The molecule has 1 saturated carbocycles. The van der Waals surface area contributed by atoms with Crippen LogP contribution >= 0.6 is 0 Å². The quantitative estimate of drug-likeness (QED) is 0.503. The molecule has 0 aromatic rings. The molecule has 0 saturated heterocycles. The lowest BCUT2D eigenvalue weighted by molar-refractivity contribution is 0.248. The van der Waals surface area contributed by atoms with E-state index in [4.69, 9.17) is 0 Å². The number of hydrogen-bond acceptors (Lipinski definition) is 0. The fraction of sp³-hybridized carbons (Fsp3) is 0.818. The zero-order valence-electron chi connectivity index (χ0n) is 7.91. The van der Waals surface area contributed by atoms with Crippen LogP contribution in [0.25, 0.3) is 0 Å². The Bertz CT molecular complexity index is 174. The van der Waals surface area contributed by atoms with Crippen LogP contribution in [0.4, 0.5) is 0 Å². The van der Waals surface area contributed by atoms with E-state index < -0.39 is 0 Å². The maximum Gasteiger partial charge on any atom is 0.0286 e. The molecule has 1 aliphatic rings. The highest BCUT2D eigenvalue weighted by Gasteiger charge is 2.29. The summed E-state index contributed by atoms with van der Waals surface area (Å²) in [6, 6.07) is 0. The van der Waals surface area contributed by atoms with E-state index in [0.29, 0.717) is 5.41 Å². The largest absolute Gasteiger partial charge is 0.102 e. The second kappa shape index (κ2) is 3.30. The van der Waals surface area contributed by atoms with Crippen LogP contribution in [-0.2, 0) is 0 Å². The van der Waals surface area contributed by atoms with Crippen molar-refractivity contribution < 1.29 is 0 Å². The minimum absolute atomic E-state index is 0.398. The van der Waals surface area contributed by atoms with Crippen molar-refractivity contribution in [3.8, 4) is 11.8 Å². The summed E-state index contributed by atoms with van der Waals surface area (Å²) < 4.78 is 0. The Morgan fingerprint density at radius 3 is 2.36 bits per heavy atom. The average molecular weight is 150 g/mol. The van der Waals surface area contributed by atoms with Crippen molar-refractivity contribution in [1.82, 2.24) is 0 Å². The van der Waals surface area contributed by atoms with Crippen molar-refractivity contribution in [2.75, 3.05) is 0 Å². The Labute approximate surface area is 70.4 Å². The molecule has 0 aliphatic heterocycles. The predicted octanol–water partition coefficient (Wildman–Crippen LogP) is 3.23. The Balaban J connectivity index is 2.31. The van der Waals surface area contributed by atoms with Crippen molar-refractivity contribution in [1.29, 1.82) is 0 Å². The lowest BCUT2D eigenvalue weighted by atomic mass is 9.71. The van der Waals surface area contributed by atoms with Gasteiger partial charge in [0.15, 0.2) is 0 Å². The maximum atomic E-state index is 3.38. The van der Waals surface area contributed by atoms with E-state index in [2.05, 4.69) is 32.6 Å². The van der Waals surface area contributed by atoms with Gasteiger partial charge in [0.1, 0.15) is 0 Å². The van der Waals surface area contributed by atoms with Crippen molar-refractivity contribution in [2.24, 2.45) is 11.3 Å². The van der Waals surface area contributed by atoms with Crippen LogP contribution in [0.3, 0.4) is 0 Å². The molecule has 1 fully saturated rings. The van der Waals surface area contributed by atoms with Crippen LogP contribution in [0.15, 0.2) is 0 Å². The van der Waals surface area contributed by atoms with Crippen LogP contribution in [0.5, 0.6) is 0 Å². The average Bonchev–Trinajstić information content (AvgIpc) is 1.83. The zero-order chi connectivity index (χ0) is 8.32. The van der Waals surface area contributed by atoms with Crippen LogP contribution in [0, 0.1) is 23.2 Å². The monoisotopic (exact) mass is 150 g/mol. The third-order valence-electron chi connectivity index (χ3n) is 2.36. The van der Waals surface area contributed by atoms with E-state index in [9.17, 15) is 0 Å². The van der Waals surface area contributed by atoms with Gasteiger partial charge in [-0.3, -0.25) is 0 Å². The SMILES string of the molecule is CC(C)CC#CC1(C)CCC1. The first-order chi connectivity index (χ1) is 5.12. The van der Waals surface area contributed by atoms with E-state index in [1.165, 1.54) is 19.3 Å². The van der Waals surface area contributed by atoms with Crippen molar-refractivity contribution in [3.05, 3.63) is 0 Å². The molecular formula is C11H18. The highest BCUT2D eigenvalue weighted by Crippen LogP contribution is 2.39. The summed E-state index contributed by atoms with van der Waals surface area (Å²) in [6.07, 6.45) is 5.08. The van der Waals surface area contributed by atoms with E-state index in [-0.39, 0.29) is 0 Å². The molecule has 11 heavy (non-hydrogen) atoms. The minimum atomic E-state index is 0.398. The summed E-state index contributed by atoms with van der Waals surface area (Å²) in [7, 11) is 0. The van der Waals surface area contributed by atoms with Crippen molar-refractivity contribution in [3.63, 3.8) is 0 Å². The summed E-state index contributed by atoms with van der Waals surface area (Å²) in [4.78, 5) is 0. The first-order valence-electron chi connectivity index (χ1n) is 4.62. The van der Waals surface area contributed by atoms with E-state index in [0.717, 1.165) is 12.3 Å². The molecule has 0 amide bonds. The van der Waals surface area contributed by atoms with E-state index in [1.807, 2.05) is 0 Å². The zero-order valence-corrected chi connectivity index (χ0v) is 7.91. The third kappa shape index (κ3) is 2.58. The molecule has 0 unspecified atom stereocenters. The van der Waals surface area contributed by atoms with Gasteiger partial charge in [-0.2, -0.15) is 0 Å². The first kappa shape index (κ1) is 8.65. The molecule has 0 atom stereocenters. The van der Waals surface area contributed by atoms with Crippen molar-refractivity contribution in [2.45, 2.75) is 46.5 Å². The van der Waals surface area contributed by atoms with E-state index >= 15 is 0 Å². The molecule has 62 valence electrons. The highest BCUT2D eigenvalue weighted by molar-refractivity contribution is 5.13. The van der Waals surface area contributed by atoms with Gasteiger partial charge in [0, 0.05) is 11.8 Å². The first-order valence-corrected chi connectivity index (χ1v) is 4.62. The summed E-state index contributed by atoms with van der Waals surface area (Å²) in [6.45, 7) is 6.72. The molecule has 0 nitrogen and oxygen atoms in total. The van der Waals surface area contributed by atoms with Gasteiger partial charge >= 0.3 is 0 Å². The fourth-order valence-electron chi connectivity index (χ4n) is 1.30. The molecular weight excluding hydrogens is 132 g/mol. The lowest BCUT2D eigenvalue weighted by Crippen LogP contribution is -2.22. The Morgan fingerprint density at radius 2 is 2.00 bits per heavy atom. The Morgan fingerprint density at radius 1 is 1.36 bits per heavy atom. The minimum Gasteiger partial charge on any atom is -0.102 e. The van der Waals surface area contributed by atoms with Crippen LogP contribution in [-0.4, -0.2) is 0 Å². The molecule has 1 rings (SSSR count). The van der Waals surface area contributed by atoms with Crippen LogP contribution in [0.2, 0.25) is 0 Å². The second-order valence-electron chi connectivity index (χ2n) is 4.31. The van der Waals surface area contributed by atoms with Gasteiger partial charge in [-0.15, -0.1) is 5.92 Å². The van der Waals surface area contributed by atoms with Gasteiger partial charge in [-0.25, -0.2) is 0 Å². The standard InChI is InChI=1S/C11H18/c1-10(2)6-4-7-11(3)8-5-9-11/h10H,5-6,8-9H2,1-3H3. The predicted molar refractivity (Wildman–Crippen MR) is 49.2 cm³/mol. The number of rotatable bonds is 1. The maximum absolute atomic E-state index is 3.38. The number of hydrogen-bond donors (Lipinski definition) is 0. The van der Waals surface area contributed by atoms with Gasteiger partial charge in [0.2, 0.25) is 0 Å². The van der Waals surface area contributed by atoms with Crippen molar-refractivity contribution >= 4 is 0 Å². The Hall–Kier alpha value is -0.440. The van der Waals surface area contributed by atoms with Crippen LogP contribution in [0.1, 0.15) is 46.5 Å². The normalized spacial score (nSPS) is 20.4. The van der Waals surface area contributed by atoms with E-state index in [1.54, 1.807) is 0 Å². The summed E-state index contributed by atoms with van der Waals surface area (Å²) >= 11 is 0. The fourth-order valence-corrected chi connectivity index (χ4v) is 1.30. The molecule has 0 aromatic heterocycles. The molecule has 0 heteroatoms. The molecule has 0 bridgehead atoms. The van der Waals surface area contributed by atoms with Gasteiger partial charge in [0.25, 0.3) is 0 Å². The molecule has 0 radical (unpaired) electrons. The van der Waals surface area contributed by atoms with Gasteiger partial charge in [-0.05, 0) is 25.7 Å². The molecule has 0 aromatic carbocycles. The van der Waals surface area contributed by atoms with Gasteiger partial charge in [-0.1, -0.05) is 26.2 Å². The molecule has 0 N–H and O–H groups in total. The molecule has 1 aliphatic carbocycles. The molecule has 0 heterocycles. The third-order valence-corrected chi connectivity index (χ3v) is 2.36. The topological polar surface area (TPSA) is 0 Å². The summed E-state index contributed by atoms with van der Waals surface area (Å²) in [5.41, 5.74) is 0.398. The van der Waals surface area contributed by atoms with Crippen LogP contribution < -0.4 is 0 Å². The smallest absolute Gasteiger partial charge is 0.0286 e. The second-order valence-corrected chi connectivity index (χ2v) is 4.31. The molecule has 0 spiro atoms. The van der Waals surface area contributed by atoms with Gasteiger partial charge in [0.05, 0.1) is 0 Å². The Kier molecular flexibility index (Phi) is 2.60. The van der Waals surface area contributed by atoms with Gasteiger partial charge < -0.3 is 0 Å².